The molecule has 0 heterocycles. The van der Waals surface area contributed by atoms with Crippen molar-refractivity contribution in [2.45, 2.75) is 0 Å². The SMILES string of the molecule is CF.O=P(O)(O)O.[Li+].[O-]F. The summed E-state index contributed by atoms with van der Waals surface area (Å²) in [7, 11) is -4.14. The van der Waals surface area contributed by atoms with Gasteiger partial charge in [0.05, 0.1) is 7.18 Å². The molecule has 0 saturated carbocycles. The maximum absolute atomic E-state index is 9.50. The first-order chi connectivity index (χ1) is 4.00. The van der Waals surface area contributed by atoms with Crippen LogP contribution < -0.4 is 24.2 Å². The van der Waals surface area contributed by atoms with Gasteiger partial charge in [-0.2, -0.15) is 0 Å². The Morgan fingerprint density at radius 2 is 1.20 bits per heavy atom. The molecular formula is CH6F2LiO5P. The number of rotatable bonds is 0. The van der Waals surface area contributed by atoms with E-state index in [9.17, 15) is 4.39 Å². The Kier molecular flexibility index (Phi) is 36.5. The Morgan fingerprint density at radius 1 is 1.20 bits per heavy atom. The molecule has 0 aromatic heterocycles. The van der Waals surface area contributed by atoms with Gasteiger partial charge >= 0.3 is 26.7 Å². The molecule has 0 atom stereocenters. The number of halogens is 2. The Hall–Kier alpha value is 0.527. The number of hydrogen-bond donors (Lipinski definition) is 3. The van der Waals surface area contributed by atoms with E-state index in [1.165, 1.54) is 0 Å². The van der Waals surface area contributed by atoms with E-state index in [0.717, 1.165) is 0 Å². The number of alkyl halides is 1. The molecule has 0 aliphatic heterocycles. The molecule has 0 saturated heterocycles. The van der Waals surface area contributed by atoms with E-state index >= 15 is 0 Å². The van der Waals surface area contributed by atoms with E-state index in [4.69, 9.17) is 29.1 Å². The van der Waals surface area contributed by atoms with Crippen LogP contribution in [0.3, 0.4) is 0 Å². The third-order valence-electron chi connectivity index (χ3n) is 0. The molecule has 10 heavy (non-hydrogen) atoms. The standard InChI is InChI=1S/CH3F.FO.Li.H3O4P/c2*1-2;;1-5(2,3)4/h1H3;;;(H3,1,2,3,4)/q;-1;+1;. The molecule has 3 N–H and O–H groups in total. The molecule has 0 fully saturated rings. The van der Waals surface area contributed by atoms with Gasteiger partial charge in [-0.3, -0.25) is 4.39 Å². The smallest absolute Gasteiger partial charge is 0.682 e. The summed E-state index contributed by atoms with van der Waals surface area (Å²) in [4.78, 5) is 21.6. The maximum Gasteiger partial charge on any atom is 1.00 e. The monoisotopic (exact) mass is 174 g/mol. The third-order valence-corrected chi connectivity index (χ3v) is 0. The van der Waals surface area contributed by atoms with Crippen molar-refractivity contribution >= 4 is 7.82 Å². The molecule has 0 spiro atoms. The molecule has 0 aliphatic carbocycles. The van der Waals surface area contributed by atoms with Gasteiger partial charge < -0.3 is 24.5 Å². The quantitative estimate of drug-likeness (QED) is 0.256. The summed E-state index contributed by atoms with van der Waals surface area (Å²) >= 11 is 0. The van der Waals surface area contributed by atoms with Gasteiger partial charge in [-0.15, -0.1) is 0 Å². The minimum Gasteiger partial charge on any atom is -0.682 e. The van der Waals surface area contributed by atoms with E-state index in [1.54, 1.807) is 0 Å². The van der Waals surface area contributed by atoms with Crippen molar-refractivity contribution in [3.05, 3.63) is 0 Å². The van der Waals surface area contributed by atoms with Crippen LogP contribution in [0.25, 0.3) is 0 Å². The van der Waals surface area contributed by atoms with E-state index < -0.39 is 7.82 Å². The first-order valence-corrected chi connectivity index (χ1v) is 2.88. The minimum absolute atomic E-state index is 0. The summed E-state index contributed by atoms with van der Waals surface area (Å²) in [5, 5.41) is 6.75. The molecule has 5 nitrogen and oxygen atoms in total. The van der Waals surface area contributed by atoms with Crippen LogP contribution in [0.15, 0.2) is 0 Å². The van der Waals surface area contributed by atoms with Crippen molar-refractivity contribution in [2.24, 2.45) is 0 Å². The van der Waals surface area contributed by atoms with Crippen molar-refractivity contribution in [3.63, 3.8) is 0 Å². The molecule has 0 rings (SSSR count). The second kappa shape index (κ2) is 16.3. The molecule has 0 unspecified atom stereocenters. The Bertz CT molecular complexity index is 65.8. The second-order valence-corrected chi connectivity index (χ2v) is 1.54. The van der Waals surface area contributed by atoms with Gasteiger partial charge in [-0.25, -0.2) is 4.57 Å². The molecular weight excluding hydrogens is 168 g/mol. The van der Waals surface area contributed by atoms with Crippen LogP contribution in [0.1, 0.15) is 0 Å². The summed E-state index contributed by atoms with van der Waals surface area (Å²) < 4.78 is 26.6. The zero-order valence-corrected chi connectivity index (χ0v) is 6.26. The van der Waals surface area contributed by atoms with Crippen molar-refractivity contribution in [1.82, 2.24) is 0 Å². The maximum atomic E-state index is 9.50. The molecule has 0 aromatic carbocycles. The molecule has 0 radical (unpaired) electrons. The summed E-state index contributed by atoms with van der Waals surface area (Å²) in [6.07, 6.45) is 0. The van der Waals surface area contributed by atoms with E-state index in [2.05, 4.69) is 0 Å². The zero-order chi connectivity index (χ0) is 8.50. The Labute approximate surface area is 68.0 Å². The van der Waals surface area contributed by atoms with Gasteiger partial charge in [0.15, 0.2) is 0 Å². The van der Waals surface area contributed by atoms with Gasteiger partial charge in [0.25, 0.3) is 0 Å². The molecule has 0 amide bonds. The van der Waals surface area contributed by atoms with Crippen LogP contribution >= 0.6 is 7.82 Å². The predicted molar refractivity (Wildman–Crippen MR) is 22.4 cm³/mol. The van der Waals surface area contributed by atoms with E-state index in [0.29, 0.717) is 7.18 Å². The fourth-order valence-corrected chi connectivity index (χ4v) is 0. The normalized spacial score (nSPS) is 7.10. The first-order valence-electron chi connectivity index (χ1n) is 1.31. The van der Waals surface area contributed by atoms with Crippen LogP contribution in [-0.2, 0) is 4.57 Å². The Morgan fingerprint density at radius 3 is 1.20 bits per heavy atom. The summed E-state index contributed by atoms with van der Waals surface area (Å²) in [5.41, 5.74) is 0. The number of phosphoric acid groups is 1. The average molecular weight is 174 g/mol. The zero-order valence-electron chi connectivity index (χ0n) is 5.36. The van der Waals surface area contributed by atoms with Gasteiger partial charge in [0.2, 0.25) is 0 Å². The second-order valence-electron chi connectivity index (χ2n) is 0.513. The van der Waals surface area contributed by atoms with Crippen molar-refractivity contribution < 1.29 is 52.3 Å². The summed E-state index contributed by atoms with van der Waals surface area (Å²) in [6.45, 7) is 0. The van der Waals surface area contributed by atoms with Crippen molar-refractivity contribution in [2.75, 3.05) is 7.18 Å². The van der Waals surface area contributed by atoms with Crippen LogP contribution in [0.5, 0.6) is 0 Å². The topological polar surface area (TPSA) is 101 Å². The van der Waals surface area contributed by atoms with E-state index in [1.807, 2.05) is 0 Å². The average Bonchev–Trinajstić information content (AvgIpc) is 1.72. The van der Waals surface area contributed by atoms with Gasteiger partial charge in [-0.1, -0.05) is 0 Å². The summed E-state index contributed by atoms with van der Waals surface area (Å²) in [5.74, 6) is 0. The minimum atomic E-state index is -4.64. The molecule has 9 heteroatoms. The van der Waals surface area contributed by atoms with Crippen molar-refractivity contribution in [3.8, 4) is 0 Å². The fourth-order valence-electron chi connectivity index (χ4n) is 0. The first kappa shape index (κ1) is 22.4. The summed E-state index contributed by atoms with van der Waals surface area (Å²) in [6, 6.07) is 0. The largest absolute Gasteiger partial charge is 1.00 e. The van der Waals surface area contributed by atoms with Gasteiger partial charge in [0, 0.05) is 0 Å². The Balaban J connectivity index is -0.0000000315. The van der Waals surface area contributed by atoms with Gasteiger partial charge in [0.1, 0.15) is 0 Å². The third kappa shape index (κ3) is 1740. The fraction of sp³-hybridized carbons (Fsp3) is 1.00. The van der Waals surface area contributed by atoms with Crippen LogP contribution in [0.2, 0.25) is 0 Å². The molecule has 0 bridgehead atoms. The van der Waals surface area contributed by atoms with Crippen LogP contribution in [-0.4, -0.2) is 21.9 Å². The molecule has 60 valence electrons. The van der Waals surface area contributed by atoms with Crippen LogP contribution in [0, 0.1) is 0 Å². The number of hydrogen-bond acceptors (Lipinski definition) is 2. The van der Waals surface area contributed by atoms with Gasteiger partial charge in [-0.05, 0) is 0 Å². The van der Waals surface area contributed by atoms with E-state index in [-0.39, 0.29) is 18.9 Å². The molecule has 0 aromatic rings. The molecule has 0 aliphatic rings. The predicted octanol–water partition coefficient (Wildman–Crippen LogP) is -4.11. The van der Waals surface area contributed by atoms with Crippen molar-refractivity contribution in [1.29, 1.82) is 0 Å². The van der Waals surface area contributed by atoms with Crippen LogP contribution in [0.4, 0.5) is 8.92 Å².